The van der Waals surface area contributed by atoms with Gasteiger partial charge in [0.05, 0.1) is 12.2 Å². The fourth-order valence-corrected chi connectivity index (χ4v) is 3.14. The van der Waals surface area contributed by atoms with E-state index >= 15 is 0 Å². The summed E-state index contributed by atoms with van der Waals surface area (Å²) in [6, 6.07) is -0.103. The van der Waals surface area contributed by atoms with Crippen LogP contribution in [0.5, 0.6) is 0 Å². The van der Waals surface area contributed by atoms with Crippen LogP contribution in [0, 0.1) is 5.92 Å². The molecular formula is C13H24FNO2. The normalized spacial score (nSPS) is 44.1. The van der Waals surface area contributed by atoms with Gasteiger partial charge in [0.15, 0.2) is 0 Å². The summed E-state index contributed by atoms with van der Waals surface area (Å²) in [7, 11) is 0. The molecule has 3 nitrogen and oxygen atoms in total. The minimum absolute atomic E-state index is 0.00704. The lowest BCUT2D eigenvalue weighted by atomic mass is 9.79. The Hall–Kier alpha value is -0.190. The Labute approximate surface area is 103 Å². The largest absolute Gasteiger partial charge is 0.395 e. The Morgan fingerprint density at radius 2 is 2.00 bits per heavy atom. The van der Waals surface area contributed by atoms with E-state index in [9.17, 15) is 14.6 Å². The van der Waals surface area contributed by atoms with E-state index < -0.39 is 11.8 Å². The van der Waals surface area contributed by atoms with E-state index in [4.69, 9.17) is 0 Å². The summed E-state index contributed by atoms with van der Waals surface area (Å²) in [6.45, 7) is 3.09. The standard InChI is InChI=1S/C13H24FNO2/c1-10-2-4-13(17,5-3-10)9-15-7-11(14)6-12(15)8-16/h10-12,16-17H,2-9H2,1H3/t10?,11-,12-,13?/m0/s1. The lowest BCUT2D eigenvalue weighted by molar-refractivity contribution is -0.0417. The molecule has 2 fully saturated rings. The van der Waals surface area contributed by atoms with Crippen LogP contribution in [0.2, 0.25) is 0 Å². The van der Waals surface area contributed by atoms with E-state index in [-0.39, 0.29) is 12.6 Å². The Bertz CT molecular complexity index is 254. The van der Waals surface area contributed by atoms with Crippen molar-refractivity contribution in [2.75, 3.05) is 19.7 Å². The number of aliphatic hydroxyl groups is 2. The van der Waals surface area contributed by atoms with Crippen molar-refractivity contribution in [2.45, 2.75) is 56.8 Å². The molecule has 0 bridgehead atoms. The van der Waals surface area contributed by atoms with Gasteiger partial charge in [-0.15, -0.1) is 0 Å². The smallest absolute Gasteiger partial charge is 0.114 e. The minimum Gasteiger partial charge on any atom is -0.395 e. The summed E-state index contributed by atoms with van der Waals surface area (Å²) in [5.74, 6) is 0.691. The number of likely N-dealkylation sites (tertiary alicyclic amines) is 1. The van der Waals surface area contributed by atoms with Gasteiger partial charge in [0.1, 0.15) is 6.17 Å². The highest BCUT2D eigenvalue weighted by Gasteiger charge is 2.39. The number of halogens is 1. The van der Waals surface area contributed by atoms with Crippen LogP contribution < -0.4 is 0 Å². The molecule has 2 atom stereocenters. The molecule has 17 heavy (non-hydrogen) atoms. The summed E-state index contributed by atoms with van der Waals surface area (Å²) in [4.78, 5) is 1.93. The molecule has 1 heterocycles. The SMILES string of the molecule is CC1CCC(O)(CN2C[C@@H](F)C[C@H]2CO)CC1. The van der Waals surface area contributed by atoms with E-state index in [0.29, 0.717) is 25.4 Å². The van der Waals surface area contributed by atoms with Gasteiger partial charge in [-0.1, -0.05) is 6.92 Å². The molecule has 1 saturated carbocycles. The summed E-state index contributed by atoms with van der Waals surface area (Å²) >= 11 is 0. The van der Waals surface area contributed by atoms with E-state index in [0.717, 1.165) is 25.7 Å². The lowest BCUT2D eigenvalue weighted by Crippen LogP contribution is -2.47. The van der Waals surface area contributed by atoms with Crippen LogP contribution in [0.15, 0.2) is 0 Å². The molecule has 0 aromatic carbocycles. The van der Waals surface area contributed by atoms with Crippen LogP contribution in [0.3, 0.4) is 0 Å². The molecule has 1 aliphatic carbocycles. The predicted molar refractivity (Wildman–Crippen MR) is 64.5 cm³/mol. The topological polar surface area (TPSA) is 43.7 Å². The molecule has 0 spiro atoms. The molecule has 1 saturated heterocycles. The molecule has 4 heteroatoms. The van der Waals surface area contributed by atoms with Crippen molar-refractivity contribution >= 4 is 0 Å². The highest BCUT2D eigenvalue weighted by Crippen LogP contribution is 2.34. The number of aliphatic hydroxyl groups excluding tert-OH is 1. The monoisotopic (exact) mass is 245 g/mol. The summed E-state index contributed by atoms with van der Waals surface area (Å²) in [5.41, 5.74) is -0.663. The predicted octanol–water partition coefficient (Wildman–Crippen LogP) is 1.33. The van der Waals surface area contributed by atoms with Crippen LogP contribution in [0.4, 0.5) is 4.39 Å². The maximum Gasteiger partial charge on any atom is 0.114 e. The second kappa shape index (κ2) is 5.21. The first kappa shape index (κ1) is 13.2. The fraction of sp³-hybridized carbons (Fsp3) is 1.00. The highest BCUT2D eigenvalue weighted by molar-refractivity contribution is 4.93. The number of hydrogen-bond donors (Lipinski definition) is 2. The number of alkyl halides is 1. The summed E-state index contributed by atoms with van der Waals surface area (Å²) in [6.07, 6.45) is 3.27. The molecule has 0 unspecified atom stereocenters. The van der Waals surface area contributed by atoms with Gasteiger partial charge in [0, 0.05) is 19.1 Å². The van der Waals surface area contributed by atoms with Gasteiger partial charge in [-0.2, -0.15) is 0 Å². The first-order valence-corrected chi connectivity index (χ1v) is 6.74. The van der Waals surface area contributed by atoms with Gasteiger partial charge < -0.3 is 10.2 Å². The van der Waals surface area contributed by atoms with Crippen molar-refractivity contribution in [3.8, 4) is 0 Å². The zero-order valence-electron chi connectivity index (χ0n) is 10.6. The molecule has 0 radical (unpaired) electrons. The zero-order valence-corrected chi connectivity index (χ0v) is 10.6. The van der Waals surface area contributed by atoms with Gasteiger partial charge in [-0.05, 0) is 38.0 Å². The van der Waals surface area contributed by atoms with Crippen LogP contribution in [-0.4, -0.2) is 52.6 Å². The van der Waals surface area contributed by atoms with Crippen LogP contribution >= 0.6 is 0 Å². The van der Waals surface area contributed by atoms with Crippen molar-refractivity contribution in [1.82, 2.24) is 4.90 Å². The second-order valence-electron chi connectivity index (χ2n) is 6.01. The van der Waals surface area contributed by atoms with Crippen molar-refractivity contribution in [3.63, 3.8) is 0 Å². The quantitative estimate of drug-likeness (QED) is 0.788. The van der Waals surface area contributed by atoms with E-state index in [1.165, 1.54) is 0 Å². The third-order valence-corrected chi connectivity index (χ3v) is 4.39. The molecule has 0 aromatic rings. The van der Waals surface area contributed by atoms with Crippen LogP contribution in [0.25, 0.3) is 0 Å². The first-order valence-electron chi connectivity index (χ1n) is 6.74. The van der Waals surface area contributed by atoms with Gasteiger partial charge >= 0.3 is 0 Å². The van der Waals surface area contributed by atoms with Gasteiger partial charge in [-0.3, -0.25) is 4.90 Å². The van der Waals surface area contributed by atoms with Crippen molar-refractivity contribution in [3.05, 3.63) is 0 Å². The fourth-order valence-electron chi connectivity index (χ4n) is 3.14. The zero-order chi connectivity index (χ0) is 12.5. The molecule has 2 rings (SSSR count). The number of nitrogens with zero attached hydrogens (tertiary/aromatic N) is 1. The van der Waals surface area contributed by atoms with Gasteiger partial charge in [0.25, 0.3) is 0 Å². The van der Waals surface area contributed by atoms with Crippen molar-refractivity contribution < 1.29 is 14.6 Å². The number of β-amino-alcohol motifs (C(OH)–C–C–N with tert-alkyl or cyclic N) is 1. The Kier molecular flexibility index (Phi) is 4.06. The van der Waals surface area contributed by atoms with Crippen molar-refractivity contribution in [2.24, 2.45) is 5.92 Å². The van der Waals surface area contributed by atoms with Crippen LogP contribution in [-0.2, 0) is 0 Å². The summed E-state index contributed by atoms with van der Waals surface area (Å²) < 4.78 is 13.3. The highest BCUT2D eigenvalue weighted by atomic mass is 19.1. The van der Waals surface area contributed by atoms with E-state index in [2.05, 4.69) is 6.92 Å². The average molecular weight is 245 g/mol. The van der Waals surface area contributed by atoms with E-state index in [1.807, 2.05) is 4.90 Å². The number of hydrogen-bond acceptors (Lipinski definition) is 3. The first-order chi connectivity index (χ1) is 8.02. The Morgan fingerprint density at radius 3 is 2.59 bits per heavy atom. The van der Waals surface area contributed by atoms with Gasteiger partial charge in [0.2, 0.25) is 0 Å². The van der Waals surface area contributed by atoms with E-state index in [1.54, 1.807) is 0 Å². The third kappa shape index (κ3) is 3.18. The average Bonchev–Trinajstić information content (AvgIpc) is 2.63. The maximum atomic E-state index is 13.3. The maximum absolute atomic E-state index is 13.3. The molecule has 2 N–H and O–H groups in total. The Balaban J connectivity index is 1.91. The minimum atomic E-state index is -0.849. The molecule has 2 aliphatic rings. The molecule has 0 amide bonds. The number of rotatable bonds is 3. The Morgan fingerprint density at radius 1 is 1.35 bits per heavy atom. The molecule has 100 valence electrons. The second-order valence-corrected chi connectivity index (χ2v) is 6.01. The van der Waals surface area contributed by atoms with Crippen LogP contribution in [0.1, 0.15) is 39.0 Å². The molecular weight excluding hydrogens is 221 g/mol. The third-order valence-electron chi connectivity index (χ3n) is 4.39. The molecule has 0 aromatic heterocycles. The van der Waals surface area contributed by atoms with Gasteiger partial charge in [-0.25, -0.2) is 4.39 Å². The summed E-state index contributed by atoms with van der Waals surface area (Å²) in [5, 5.41) is 19.7. The lowest BCUT2D eigenvalue weighted by Gasteiger charge is -2.39. The van der Waals surface area contributed by atoms with Crippen molar-refractivity contribution in [1.29, 1.82) is 0 Å². The molecule has 1 aliphatic heterocycles.